The Bertz CT molecular complexity index is 1030. The first kappa shape index (κ1) is 16.4. The zero-order valence-electron chi connectivity index (χ0n) is 14.4. The number of para-hydroxylation sites is 1. The van der Waals surface area contributed by atoms with Crippen LogP contribution in [0.5, 0.6) is 0 Å². The quantitative estimate of drug-likeness (QED) is 0.572. The van der Waals surface area contributed by atoms with Gasteiger partial charge in [0.25, 0.3) is 0 Å². The van der Waals surface area contributed by atoms with Crippen molar-refractivity contribution in [2.24, 2.45) is 0 Å². The molecule has 27 heavy (non-hydrogen) atoms. The summed E-state index contributed by atoms with van der Waals surface area (Å²) >= 11 is 0. The van der Waals surface area contributed by atoms with Crippen molar-refractivity contribution < 1.29 is 0 Å². The molecule has 0 saturated carbocycles. The third-order valence-corrected chi connectivity index (χ3v) is 4.05. The molecule has 0 spiro atoms. The average Bonchev–Trinajstić information content (AvgIpc) is 2.75. The number of hydrogen-bond acceptors (Lipinski definition) is 5. The zero-order valence-corrected chi connectivity index (χ0v) is 14.4. The number of hydrogen-bond donors (Lipinski definition) is 1. The summed E-state index contributed by atoms with van der Waals surface area (Å²) in [5, 5.41) is 13.1. The second-order valence-electron chi connectivity index (χ2n) is 5.82. The fraction of sp³-hybridized carbons (Fsp3) is 0. The number of nitrogens with zero attached hydrogens (tertiary/aromatic N) is 4. The SMILES string of the molecule is N#Cc1c(-c2ccccc2)nc(Nc2ccccc2)nc1-c1ccncc1. The normalized spacial score (nSPS) is 10.2. The van der Waals surface area contributed by atoms with E-state index in [1.165, 1.54) is 0 Å². The van der Waals surface area contributed by atoms with Gasteiger partial charge >= 0.3 is 0 Å². The van der Waals surface area contributed by atoms with Crippen LogP contribution in [-0.2, 0) is 0 Å². The largest absolute Gasteiger partial charge is 0.324 e. The van der Waals surface area contributed by atoms with Crippen molar-refractivity contribution in [2.75, 3.05) is 5.32 Å². The zero-order chi connectivity index (χ0) is 18.5. The number of benzene rings is 2. The van der Waals surface area contributed by atoms with Crippen LogP contribution >= 0.6 is 0 Å². The van der Waals surface area contributed by atoms with Gasteiger partial charge in [-0.15, -0.1) is 0 Å². The molecular weight excluding hydrogens is 334 g/mol. The minimum Gasteiger partial charge on any atom is -0.324 e. The van der Waals surface area contributed by atoms with Gasteiger partial charge in [0.05, 0.1) is 11.4 Å². The Kier molecular flexibility index (Phi) is 4.54. The second-order valence-corrected chi connectivity index (χ2v) is 5.82. The van der Waals surface area contributed by atoms with Gasteiger partial charge in [-0.3, -0.25) is 4.98 Å². The first-order valence-electron chi connectivity index (χ1n) is 8.45. The lowest BCUT2D eigenvalue weighted by molar-refractivity contribution is 1.16. The average molecular weight is 349 g/mol. The molecule has 5 heteroatoms. The van der Waals surface area contributed by atoms with Crippen LogP contribution in [0.2, 0.25) is 0 Å². The summed E-state index contributed by atoms with van der Waals surface area (Å²) in [7, 11) is 0. The second kappa shape index (κ2) is 7.46. The Labute approximate surface area is 157 Å². The van der Waals surface area contributed by atoms with Gasteiger partial charge in [-0.1, -0.05) is 48.5 Å². The van der Waals surface area contributed by atoms with E-state index in [1.54, 1.807) is 12.4 Å². The summed E-state index contributed by atoms with van der Waals surface area (Å²) in [4.78, 5) is 13.3. The molecule has 2 aromatic heterocycles. The maximum Gasteiger partial charge on any atom is 0.228 e. The molecule has 5 nitrogen and oxygen atoms in total. The lowest BCUT2D eigenvalue weighted by Crippen LogP contribution is -2.03. The number of rotatable bonds is 4. The van der Waals surface area contributed by atoms with Crippen molar-refractivity contribution in [3.8, 4) is 28.6 Å². The topological polar surface area (TPSA) is 74.5 Å². The molecule has 0 aliphatic carbocycles. The van der Waals surface area contributed by atoms with E-state index in [1.807, 2.05) is 72.8 Å². The summed E-state index contributed by atoms with van der Waals surface area (Å²) in [6.45, 7) is 0. The van der Waals surface area contributed by atoms with Crippen LogP contribution < -0.4 is 5.32 Å². The van der Waals surface area contributed by atoms with E-state index in [4.69, 9.17) is 0 Å². The van der Waals surface area contributed by atoms with Crippen LogP contribution in [-0.4, -0.2) is 15.0 Å². The van der Waals surface area contributed by atoms with Crippen LogP contribution in [0.25, 0.3) is 22.5 Å². The van der Waals surface area contributed by atoms with Crippen LogP contribution in [0.1, 0.15) is 5.56 Å². The van der Waals surface area contributed by atoms with E-state index in [0.717, 1.165) is 16.8 Å². The van der Waals surface area contributed by atoms with Gasteiger partial charge in [0.15, 0.2) is 0 Å². The number of nitriles is 1. The molecule has 0 bridgehead atoms. The molecule has 0 aliphatic heterocycles. The van der Waals surface area contributed by atoms with Crippen LogP contribution in [0.4, 0.5) is 11.6 Å². The Morgan fingerprint density at radius 1 is 0.704 bits per heavy atom. The molecular formula is C22H15N5. The molecule has 0 atom stereocenters. The van der Waals surface area contributed by atoms with Gasteiger partial charge in [-0.25, -0.2) is 9.97 Å². The highest BCUT2D eigenvalue weighted by Crippen LogP contribution is 2.31. The standard InChI is InChI=1S/C22H15N5/c23-15-19-20(16-7-3-1-4-8-16)26-22(25-18-9-5-2-6-10-18)27-21(19)17-11-13-24-14-12-17/h1-14H,(H,25,26,27). The maximum absolute atomic E-state index is 9.84. The Hall–Kier alpha value is -4.04. The predicted octanol–water partition coefficient (Wildman–Crippen LogP) is 4.82. The van der Waals surface area contributed by atoms with Crippen LogP contribution in [0, 0.1) is 11.3 Å². The van der Waals surface area contributed by atoms with Crippen molar-refractivity contribution in [1.82, 2.24) is 15.0 Å². The van der Waals surface area contributed by atoms with Crippen molar-refractivity contribution in [3.05, 3.63) is 90.8 Å². The first-order chi connectivity index (χ1) is 13.3. The first-order valence-corrected chi connectivity index (χ1v) is 8.45. The van der Waals surface area contributed by atoms with Crippen LogP contribution in [0.15, 0.2) is 85.2 Å². The number of anilines is 2. The van der Waals surface area contributed by atoms with Crippen molar-refractivity contribution in [3.63, 3.8) is 0 Å². The van der Waals surface area contributed by atoms with E-state index in [-0.39, 0.29) is 0 Å². The van der Waals surface area contributed by atoms with E-state index < -0.39 is 0 Å². The van der Waals surface area contributed by atoms with Gasteiger partial charge < -0.3 is 5.32 Å². The highest BCUT2D eigenvalue weighted by molar-refractivity contribution is 5.78. The summed E-state index contributed by atoms with van der Waals surface area (Å²) in [6, 6.07) is 25.3. The smallest absolute Gasteiger partial charge is 0.228 e. The van der Waals surface area contributed by atoms with Crippen molar-refractivity contribution in [2.45, 2.75) is 0 Å². The minimum absolute atomic E-state index is 0.436. The number of aromatic nitrogens is 3. The van der Waals surface area contributed by atoms with Crippen molar-refractivity contribution >= 4 is 11.6 Å². The Balaban J connectivity index is 1.92. The Morgan fingerprint density at radius 2 is 1.26 bits per heavy atom. The third kappa shape index (κ3) is 3.51. The molecule has 0 aliphatic rings. The molecule has 0 saturated heterocycles. The number of nitrogens with one attached hydrogen (secondary N) is 1. The fourth-order valence-corrected chi connectivity index (χ4v) is 2.80. The molecule has 128 valence electrons. The maximum atomic E-state index is 9.84. The molecule has 2 heterocycles. The van der Waals surface area contributed by atoms with E-state index in [0.29, 0.717) is 22.9 Å². The molecule has 4 aromatic rings. The molecule has 2 aromatic carbocycles. The van der Waals surface area contributed by atoms with Gasteiger partial charge in [-0.2, -0.15) is 5.26 Å². The van der Waals surface area contributed by atoms with Gasteiger partial charge in [0, 0.05) is 29.2 Å². The molecule has 1 N–H and O–H groups in total. The van der Waals surface area contributed by atoms with Gasteiger partial charge in [0.1, 0.15) is 11.6 Å². The number of pyridine rings is 1. The van der Waals surface area contributed by atoms with E-state index in [2.05, 4.69) is 26.3 Å². The predicted molar refractivity (Wildman–Crippen MR) is 105 cm³/mol. The van der Waals surface area contributed by atoms with Crippen LogP contribution in [0.3, 0.4) is 0 Å². The summed E-state index contributed by atoms with van der Waals surface area (Å²) in [5.41, 5.74) is 4.17. The van der Waals surface area contributed by atoms with Gasteiger partial charge in [-0.05, 0) is 24.3 Å². The molecule has 0 unspecified atom stereocenters. The highest BCUT2D eigenvalue weighted by atomic mass is 15.1. The van der Waals surface area contributed by atoms with E-state index in [9.17, 15) is 5.26 Å². The van der Waals surface area contributed by atoms with E-state index >= 15 is 0 Å². The third-order valence-electron chi connectivity index (χ3n) is 4.05. The lowest BCUT2D eigenvalue weighted by atomic mass is 10.0. The summed E-state index contributed by atoms with van der Waals surface area (Å²) in [5.74, 6) is 0.436. The monoisotopic (exact) mass is 349 g/mol. The molecule has 4 rings (SSSR count). The molecule has 0 fully saturated rings. The summed E-state index contributed by atoms with van der Waals surface area (Å²) in [6.07, 6.45) is 3.37. The summed E-state index contributed by atoms with van der Waals surface area (Å²) < 4.78 is 0. The Morgan fingerprint density at radius 3 is 1.85 bits per heavy atom. The lowest BCUT2D eigenvalue weighted by Gasteiger charge is -2.12. The minimum atomic E-state index is 0.436. The highest BCUT2D eigenvalue weighted by Gasteiger charge is 2.17. The fourth-order valence-electron chi connectivity index (χ4n) is 2.80. The molecule has 0 radical (unpaired) electrons. The van der Waals surface area contributed by atoms with Crippen molar-refractivity contribution in [1.29, 1.82) is 5.26 Å². The molecule has 0 amide bonds. The van der Waals surface area contributed by atoms with Gasteiger partial charge in [0.2, 0.25) is 5.95 Å².